The Morgan fingerprint density at radius 2 is 1.60 bits per heavy atom. The Kier molecular flexibility index (Phi) is 6.02. The minimum atomic E-state index is -0.431. The Hall–Kier alpha value is -2.56. The van der Waals surface area contributed by atoms with Crippen molar-refractivity contribution < 1.29 is 19.1 Å². The molecule has 1 aliphatic heterocycles. The average Bonchev–Trinajstić information content (AvgIpc) is 2.60. The van der Waals surface area contributed by atoms with Crippen LogP contribution < -0.4 is 0 Å². The molecule has 5 nitrogen and oxygen atoms in total. The zero-order valence-electron chi connectivity index (χ0n) is 15.5. The lowest BCUT2D eigenvalue weighted by Gasteiger charge is -2.36. The van der Waals surface area contributed by atoms with Crippen molar-refractivity contribution in [1.82, 2.24) is 4.90 Å². The highest BCUT2D eigenvalue weighted by molar-refractivity contribution is 6.14. The maximum Gasteiger partial charge on any atom is 0.340 e. The summed E-state index contributed by atoms with van der Waals surface area (Å²) in [7, 11) is 1.86. The lowest BCUT2D eigenvalue weighted by atomic mass is 9.85. The summed E-state index contributed by atoms with van der Waals surface area (Å²) in [5.41, 5.74) is 3.06. The van der Waals surface area contributed by atoms with Crippen LogP contribution in [0, 0.1) is 0 Å². The van der Waals surface area contributed by atoms with Crippen LogP contribution in [0.4, 0.5) is 0 Å². The van der Waals surface area contributed by atoms with E-state index in [1.54, 1.807) is 13.8 Å². The van der Waals surface area contributed by atoms with Gasteiger partial charge in [-0.2, -0.15) is 0 Å². The third-order valence-electron chi connectivity index (χ3n) is 4.45. The number of hydrogen-bond donors (Lipinski definition) is 0. The molecule has 1 heterocycles. The standard InChI is InChI=1S/C20H25NO4/c1-6-24-19(22)16-13(3)21(5)14(4)17(20(23)25-7-2)18(16)15-11-9-8-10-12-15/h8-13H,6-7H2,1-5H3. The lowest BCUT2D eigenvalue weighted by molar-refractivity contribution is -0.139. The number of allylic oxidation sites excluding steroid dienone is 1. The summed E-state index contributed by atoms with van der Waals surface area (Å²) in [5, 5.41) is 0. The van der Waals surface area contributed by atoms with Gasteiger partial charge in [-0.25, -0.2) is 9.59 Å². The number of ether oxygens (including phenoxy) is 2. The molecule has 1 aromatic rings. The molecule has 1 aromatic carbocycles. The first-order chi connectivity index (χ1) is 11.9. The quantitative estimate of drug-likeness (QED) is 0.769. The molecular weight excluding hydrogens is 318 g/mol. The molecule has 0 saturated heterocycles. The van der Waals surface area contributed by atoms with E-state index in [0.29, 0.717) is 16.7 Å². The number of carbonyl (C=O) groups is 2. The molecule has 0 saturated carbocycles. The molecule has 1 atom stereocenters. The predicted molar refractivity (Wildman–Crippen MR) is 96.6 cm³/mol. The molecule has 0 N–H and O–H groups in total. The van der Waals surface area contributed by atoms with Crippen LogP contribution in [0.1, 0.15) is 33.3 Å². The van der Waals surface area contributed by atoms with Crippen molar-refractivity contribution in [1.29, 1.82) is 0 Å². The molecule has 0 bridgehead atoms. The highest BCUT2D eigenvalue weighted by Gasteiger charge is 2.37. The molecule has 2 rings (SSSR count). The van der Waals surface area contributed by atoms with E-state index >= 15 is 0 Å². The number of carbonyl (C=O) groups excluding carboxylic acids is 2. The number of hydrogen-bond acceptors (Lipinski definition) is 5. The first-order valence-corrected chi connectivity index (χ1v) is 8.51. The topological polar surface area (TPSA) is 55.8 Å². The second-order valence-electron chi connectivity index (χ2n) is 5.84. The Morgan fingerprint density at radius 1 is 1.04 bits per heavy atom. The van der Waals surface area contributed by atoms with Gasteiger partial charge in [0.2, 0.25) is 0 Å². The summed E-state index contributed by atoms with van der Waals surface area (Å²) in [5.74, 6) is -0.839. The van der Waals surface area contributed by atoms with Crippen LogP contribution in [-0.4, -0.2) is 43.1 Å². The van der Waals surface area contributed by atoms with E-state index in [9.17, 15) is 9.59 Å². The first kappa shape index (κ1) is 18.8. The fraction of sp³-hybridized carbons (Fsp3) is 0.400. The summed E-state index contributed by atoms with van der Waals surface area (Å²) in [4.78, 5) is 27.3. The molecule has 1 aliphatic rings. The molecule has 0 fully saturated rings. The summed E-state index contributed by atoms with van der Waals surface area (Å²) in [6.07, 6.45) is 0. The molecule has 134 valence electrons. The molecule has 0 amide bonds. The number of rotatable bonds is 5. The van der Waals surface area contributed by atoms with E-state index < -0.39 is 11.9 Å². The second-order valence-corrected chi connectivity index (χ2v) is 5.84. The predicted octanol–water partition coefficient (Wildman–Crippen LogP) is 3.17. The third kappa shape index (κ3) is 3.60. The Balaban J connectivity index is 2.77. The minimum absolute atomic E-state index is 0.215. The van der Waals surface area contributed by atoms with Crippen LogP contribution in [0.5, 0.6) is 0 Å². The third-order valence-corrected chi connectivity index (χ3v) is 4.45. The van der Waals surface area contributed by atoms with Gasteiger partial charge in [-0.05, 0) is 33.3 Å². The summed E-state index contributed by atoms with van der Waals surface area (Å²) in [6, 6.07) is 9.22. The molecule has 0 spiro atoms. The van der Waals surface area contributed by atoms with Gasteiger partial charge in [-0.3, -0.25) is 0 Å². The van der Waals surface area contributed by atoms with Gasteiger partial charge in [0.05, 0.1) is 30.4 Å². The van der Waals surface area contributed by atoms with Gasteiger partial charge >= 0.3 is 11.9 Å². The normalized spacial score (nSPS) is 17.6. The zero-order chi connectivity index (χ0) is 18.6. The highest BCUT2D eigenvalue weighted by Crippen LogP contribution is 2.38. The van der Waals surface area contributed by atoms with Gasteiger partial charge < -0.3 is 14.4 Å². The average molecular weight is 343 g/mol. The van der Waals surface area contributed by atoms with Gasteiger partial charge in [0, 0.05) is 18.3 Å². The first-order valence-electron chi connectivity index (χ1n) is 8.51. The molecule has 5 heteroatoms. The van der Waals surface area contributed by atoms with E-state index in [-0.39, 0.29) is 19.3 Å². The Morgan fingerprint density at radius 3 is 2.16 bits per heavy atom. The minimum Gasteiger partial charge on any atom is -0.463 e. The van der Waals surface area contributed by atoms with E-state index in [1.165, 1.54) is 0 Å². The van der Waals surface area contributed by atoms with Gasteiger partial charge in [-0.1, -0.05) is 30.3 Å². The van der Waals surface area contributed by atoms with Crippen LogP contribution in [0.15, 0.2) is 47.2 Å². The van der Waals surface area contributed by atoms with Crippen molar-refractivity contribution in [3.05, 3.63) is 52.7 Å². The van der Waals surface area contributed by atoms with Gasteiger partial charge in [0.25, 0.3) is 0 Å². The van der Waals surface area contributed by atoms with Crippen molar-refractivity contribution in [2.24, 2.45) is 0 Å². The van der Waals surface area contributed by atoms with Gasteiger partial charge in [-0.15, -0.1) is 0 Å². The van der Waals surface area contributed by atoms with Crippen LogP contribution in [-0.2, 0) is 19.1 Å². The highest BCUT2D eigenvalue weighted by atomic mass is 16.5. The van der Waals surface area contributed by atoms with Crippen LogP contribution in [0.2, 0.25) is 0 Å². The van der Waals surface area contributed by atoms with Crippen molar-refractivity contribution in [3.8, 4) is 0 Å². The summed E-state index contributed by atoms with van der Waals surface area (Å²) in [6.45, 7) is 7.88. The number of esters is 2. The number of benzene rings is 1. The monoisotopic (exact) mass is 343 g/mol. The van der Waals surface area contributed by atoms with Crippen LogP contribution in [0.3, 0.4) is 0 Å². The molecule has 1 unspecified atom stereocenters. The number of nitrogens with zero attached hydrogens (tertiary/aromatic N) is 1. The Labute approximate surface area is 148 Å². The van der Waals surface area contributed by atoms with E-state index in [2.05, 4.69) is 0 Å². The van der Waals surface area contributed by atoms with Crippen molar-refractivity contribution >= 4 is 17.5 Å². The maximum atomic E-state index is 12.7. The van der Waals surface area contributed by atoms with Crippen molar-refractivity contribution in [2.45, 2.75) is 33.7 Å². The molecule has 0 aliphatic carbocycles. The summed E-state index contributed by atoms with van der Waals surface area (Å²) < 4.78 is 10.5. The largest absolute Gasteiger partial charge is 0.463 e. The number of likely N-dealkylation sites (N-methyl/N-ethyl adjacent to an activating group) is 1. The van der Waals surface area contributed by atoms with E-state index in [4.69, 9.17) is 9.47 Å². The Bertz CT molecular complexity index is 718. The molecular formula is C20H25NO4. The SMILES string of the molecule is CCOC(=O)C1=C(C)N(C)C(C)C(C(=O)OCC)=C1c1ccccc1. The molecule has 0 aromatic heterocycles. The lowest BCUT2D eigenvalue weighted by Crippen LogP contribution is -2.39. The van der Waals surface area contributed by atoms with Gasteiger partial charge in [0.15, 0.2) is 0 Å². The van der Waals surface area contributed by atoms with Gasteiger partial charge in [0.1, 0.15) is 0 Å². The molecule has 25 heavy (non-hydrogen) atoms. The maximum absolute atomic E-state index is 12.7. The second kappa shape index (κ2) is 8.01. The zero-order valence-corrected chi connectivity index (χ0v) is 15.5. The van der Waals surface area contributed by atoms with Crippen molar-refractivity contribution in [3.63, 3.8) is 0 Å². The van der Waals surface area contributed by atoms with Crippen LogP contribution in [0.25, 0.3) is 5.57 Å². The molecule has 0 radical (unpaired) electrons. The van der Waals surface area contributed by atoms with E-state index in [0.717, 1.165) is 11.3 Å². The van der Waals surface area contributed by atoms with Crippen LogP contribution >= 0.6 is 0 Å². The smallest absolute Gasteiger partial charge is 0.340 e. The fourth-order valence-corrected chi connectivity index (χ4v) is 3.02. The summed E-state index contributed by atoms with van der Waals surface area (Å²) >= 11 is 0. The fourth-order valence-electron chi connectivity index (χ4n) is 3.02. The van der Waals surface area contributed by atoms with Crippen molar-refractivity contribution in [2.75, 3.05) is 20.3 Å². The van der Waals surface area contributed by atoms with E-state index in [1.807, 2.05) is 56.1 Å².